The van der Waals surface area contributed by atoms with Crippen LogP contribution in [0.3, 0.4) is 0 Å². The van der Waals surface area contributed by atoms with E-state index in [0.717, 1.165) is 17.8 Å². The van der Waals surface area contributed by atoms with Crippen LogP contribution in [0.1, 0.15) is 12.6 Å². The number of nitrogens with zero attached hydrogens (tertiary/aromatic N) is 3. The lowest BCUT2D eigenvalue weighted by Crippen LogP contribution is -1.94. The van der Waals surface area contributed by atoms with Crippen LogP contribution in [0.2, 0.25) is 10.0 Å². The minimum absolute atomic E-state index is 0.516. The second-order valence-electron chi connectivity index (χ2n) is 3.11. The SMILES string of the molecule is CCc1cn(-c2ccc(Cl)c(Cl)c2)nn1. The fraction of sp³-hybridized carbons (Fsp3) is 0.200. The molecule has 3 nitrogen and oxygen atoms in total. The number of rotatable bonds is 2. The molecular weight excluding hydrogens is 233 g/mol. The van der Waals surface area contributed by atoms with Gasteiger partial charge in [0.25, 0.3) is 0 Å². The van der Waals surface area contributed by atoms with Crippen molar-refractivity contribution in [2.75, 3.05) is 0 Å². The lowest BCUT2D eigenvalue weighted by molar-refractivity contribution is 0.798. The average molecular weight is 242 g/mol. The Kier molecular flexibility index (Phi) is 2.93. The number of hydrogen-bond donors (Lipinski definition) is 0. The smallest absolute Gasteiger partial charge is 0.0829 e. The number of aryl methyl sites for hydroxylation is 1. The maximum Gasteiger partial charge on any atom is 0.0829 e. The van der Waals surface area contributed by atoms with Crippen LogP contribution in [-0.4, -0.2) is 15.0 Å². The zero-order valence-corrected chi connectivity index (χ0v) is 9.63. The van der Waals surface area contributed by atoms with Gasteiger partial charge >= 0.3 is 0 Å². The van der Waals surface area contributed by atoms with Gasteiger partial charge in [0, 0.05) is 0 Å². The zero-order chi connectivity index (χ0) is 10.8. The Bertz CT molecular complexity index is 479. The third-order valence-electron chi connectivity index (χ3n) is 2.07. The van der Waals surface area contributed by atoms with E-state index in [9.17, 15) is 0 Å². The highest BCUT2D eigenvalue weighted by atomic mass is 35.5. The second kappa shape index (κ2) is 4.21. The van der Waals surface area contributed by atoms with Crippen LogP contribution in [-0.2, 0) is 6.42 Å². The molecule has 0 atom stereocenters. The largest absolute Gasteiger partial charge is 0.220 e. The first kappa shape index (κ1) is 10.5. The maximum absolute atomic E-state index is 5.91. The summed E-state index contributed by atoms with van der Waals surface area (Å²) in [5, 5.41) is 9.05. The summed E-state index contributed by atoms with van der Waals surface area (Å²) < 4.78 is 1.68. The summed E-state index contributed by atoms with van der Waals surface area (Å²) in [6.45, 7) is 2.03. The molecule has 0 N–H and O–H groups in total. The van der Waals surface area contributed by atoms with Gasteiger partial charge in [-0.05, 0) is 24.6 Å². The van der Waals surface area contributed by atoms with E-state index in [1.165, 1.54) is 0 Å². The fourth-order valence-corrected chi connectivity index (χ4v) is 1.51. The minimum Gasteiger partial charge on any atom is -0.220 e. The lowest BCUT2D eigenvalue weighted by atomic mass is 10.3. The molecule has 1 aromatic heterocycles. The summed E-state index contributed by atoms with van der Waals surface area (Å²) >= 11 is 11.7. The van der Waals surface area contributed by atoms with Crippen molar-refractivity contribution < 1.29 is 0 Å². The maximum atomic E-state index is 5.91. The highest BCUT2D eigenvalue weighted by Crippen LogP contribution is 2.24. The van der Waals surface area contributed by atoms with E-state index >= 15 is 0 Å². The van der Waals surface area contributed by atoms with E-state index in [-0.39, 0.29) is 0 Å². The average Bonchev–Trinajstić information content (AvgIpc) is 2.70. The van der Waals surface area contributed by atoms with Gasteiger partial charge in [-0.1, -0.05) is 35.3 Å². The predicted molar refractivity (Wildman–Crippen MR) is 60.8 cm³/mol. The first-order valence-corrected chi connectivity index (χ1v) is 5.33. The number of halogens is 2. The molecule has 0 bridgehead atoms. The Balaban J connectivity index is 2.40. The topological polar surface area (TPSA) is 30.7 Å². The van der Waals surface area contributed by atoms with E-state index in [1.54, 1.807) is 16.8 Å². The standard InChI is InChI=1S/C10H9Cl2N3/c1-2-7-6-15(14-13-7)8-3-4-9(11)10(12)5-8/h3-6H,2H2,1H3. The monoisotopic (exact) mass is 241 g/mol. The van der Waals surface area contributed by atoms with Crippen molar-refractivity contribution in [2.24, 2.45) is 0 Å². The summed E-state index contributed by atoms with van der Waals surface area (Å²) in [6, 6.07) is 5.35. The molecule has 0 fully saturated rings. The molecule has 0 aliphatic heterocycles. The van der Waals surface area contributed by atoms with E-state index in [2.05, 4.69) is 10.3 Å². The molecule has 78 valence electrons. The van der Waals surface area contributed by atoms with Crippen molar-refractivity contribution in [1.29, 1.82) is 0 Å². The van der Waals surface area contributed by atoms with Crippen molar-refractivity contribution in [3.05, 3.63) is 40.1 Å². The molecular formula is C10H9Cl2N3. The molecule has 0 aliphatic rings. The van der Waals surface area contributed by atoms with Gasteiger partial charge in [-0.15, -0.1) is 5.10 Å². The molecule has 0 unspecified atom stereocenters. The Morgan fingerprint density at radius 1 is 1.27 bits per heavy atom. The molecule has 0 saturated heterocycles. The van der Waals surface area contributed by atoms with E-state index in [1.807, 2.05) is 19.2 Å². The normalized spacial score (nSPS) is 10.6. The summed E-state index contributed by atoms with van der Waals surface area (Å²) in [4.78, 5) is 0. The first-order valence-electron chi connectivity index (χ1n) is 4.57. The number of benzene rings is 1. The summed E-state index contributed by atoms with van der Waals surface area (Å²) in [5.41, 5.74) is 1.80. The number of hydrogen-bond acceptors (Lipinski definition) is 2. The van der Waals surface area contributed by atoms with Crippen molar-refractivity contribution in [2.45, 2.75) is 13.3 Å². The van der Waals surface area contributed by atoms with Crippen molar-refractivity contribution >= 4 is 23.2 Å². The van der Waals surface area contributed by atoms with Crippen LogP contribution in [0.5, 0.6) is 0 Å². The molecule has 2 rings (SSSR count). The predicted octanol–water partition coefficient (Wildman–Crippen LogP) is 3.14. The Hall–Kier alpha value is -1.06. The lowest BCUT2D eigenvalue weighted by Gasteiger charge is -2.01. The summed E-state index contributed by atoms with van der Waals surface area (Å²) in [7, 11) is 0. The van der Waals surface area contributed by atoms with Gasteiger partial charge in [-0.3, -0.25) is 0 Å². The van der Waals surface area contributed by atoms with Gasteiger partial charge in [-0.2, -0.15) is 0 Å². The van der Waals surface area contributed by atoms with Gasteiger partial charge in [0.05, 0.1) is 27.6 Å². The molecule has 1 aromatic carbocycles. The second-order valence-corrected chi connectivity index (χ2v) is 3.92. The zero-order valence-electron chi connectivity index (χ0n) is 8.11. The molecule has 2 aromatic rings. The Morgan fingerprint density at radius 3 is 2.67 bits per heavy atom. The summed E-state index contributed by atoms with van der Waals surface area (Å²) in [6.07, 6.45) is 2.74. The molecule has 1 heterocycles. The molecule has 0 aliphatic carbocycles. The van der Waals surface area contributed by atoms with Crippen LogP contribution in [0.15, 0.2) is 24.4 Å². The van der Waals surface area contributed by atoms with Gasteiger partial charge in [0.1, 0.15) is 0 Å². The van der Waals surface area contributed by atoms with Crippen LogP contribution in [0.25, 0.3) is 5.69 Å². The molecule has 0 saturated carbocycles. The first-order chi connectivity index (χ1) is 7.20. The quantitative estimate of drug-likeness (QED) is 0.809. The van der Waals surface area contributed by atoms with Crippen LogP contribution >= 0.6 is 23.2 Å². The van der Waals surface area contributed by atoms with E-state index in [4.69, 9.17) is 23.2 Å². The van der Waals surface area contributed by atoms with Crippen molar-refractivity contribution in [1.82, 2.24) is 15.0 Å². The fourth-order valence-electron chi connectivity index (χ4n) is 1.21. The van der Waals surface area contributed by atoms with E-state index < -0.39 is 0 Å². The molecule has 5 heteroatoms. The van der Waals surface area contributed by atoms with Gasteiger partial charge in [-0.25, -0.2) is 4.68 Å². The third-order valence-corrected chi connectivity index (χ3v) is 2.81. The highest BCUT2D eigenvalue weighted by Gasteiger charge is 2.03. The van der Waals surface area contributed by atoms with Gasteiger partial charge < -0.3 is 0 Å². The minimum atomic E-state index is 0.516. The van der Waals surface area contributed by atoms with Crippen molar-refractivity contribution in [3.63, 3.8) is 0 Å². The number of aromatic nitrogens is 3. The van der Waals surface area contributed by atoms with Gasteiger partial charge in [0.2, 0.25) is 0 Å². The molecule has 0 amide bonds. The van der Waals surface area contributed by atoms with Crippen LogP contribution < -0.4 is 0 Å². The molecule has 0 radical (unpaired) electrons. The Labute approximate surface area is 97.6 Å². The highest BCUT2D eigenvalue weighted by molar-refractivity contribution is 6.42. The van der Waals surface area contributed by atoms with Gasteiger partial charge in [0.15, 0.2) is 0 Å². The van der Waals surface area contributed by atoms with E-state index in [0.29, 0.717) is 10.0 Å². The third kappa shape index (κ3) is 2.13. The van der Waals surface area contributed by atoms with Crippen molar-refractivity contribution in [3.8, 4) is 5.69 Å². The van der Waals surface area contributed by atoms with Crippen LogP contribution in [0, 0.1) is 0 Å². The van der Waals surface area contributed by atoms with Crippen LogP contribution in [0.4, 0.5) is 0 Å². The summed E-state index contributed by atoms with van der Waals surface area (Å²) in [5.74, 6) is 0. The molecule has 15 heavy (non-hydrogen) atoms. The Morgan fingerprint density at radius 2 is 2.07 bits per heavy atom. The molecule has 0 spiro atoms.